The Bertz CT molecular complexity index is 548. The molecule has 1 heterocycles. The third-order valence-electron chi connectivity index (χ3n) is 5.25. The second kappa shape index (κ2) is 5.13. The Labute approximate surface area is 127 Å². The number of rotatable bonds is 3. The Kier molecular flexibility index (Phi) is 3.56. The quantitative estimate of drug-likeness (QED) is 0.852. The first kappa shape index (κ1) is 14.6. The fraction of sp³-hybridized carbons (Fsp3) is 0.611. The lowest BCUT2D eigenvalue weighted by Gasteiger charge is -2.25. The number of nitrogens with zero attached hydrogens (tertiary/aromatic N) is 2. The molecule has 1 saturated carbocycles. The summed E-state index contributed by atoms with van der Waals surface area (Å²) >= 11 is 0. The number of hydrogen-bond acceptors (Lipinski definition) is 2. The van der Waals surface area contributed by atoms with Gasteiger partial charge in [-0.15, -0.1) is 0 Å². The summed E-state index contributed by atoms with van der Waals surface area (Å²) in [4.78, 5) is 17.4. The largest absolute Gasteiger partial charge is 0.340 e. The van der Waals surface area contributed by atoms with Crippen molar-refractivity contribution in [3.8, 4) is 0 Å². The predicted molar refractivity (Wildman–Crippen MR) is 85.3 cm³/mol. The van der Waals surface area contributed by atoms with Gasteiger partial charge in [-0.3, -0.25) is 4.79 Å². The molecule has 1 amide bonds. The highest BCUT2D eigenvalue weighted by molar-refractivity contribution is 5.91. The van der Waals surface area contributed by atoms with Crippen molar-refractivity contribution in [1.29, 1.82) is 0 Å². The molecule has 2 aliphatic rings. The van der Waals surface area contributed by atoms with Gasteiger partial charge in [0.15, 0.2) is 0 Å². The van der Waals surface area contributed by atoms with Crippen molar-refractivity contribution in [2.45, 2.75) is 38.1 Å². The topological polar surface area (TPSA) is 23.6 Å². The summed E-state index contributed by atoms with van der Waals surface area (Å²) in [7, 11) is 4.23. The van der Waals surface area contributed by atoms with E-state index in [-0.39, 0.29) is 5.41 Å². The number of likely N-dealkylation sites (N-methyl/N-ethyl adjacent to an activating group) is 1. The zero-order chi connectivity index (χ0) is 15.2. The molecule has 2 unspecified atom stereocenters. The van der Waals surface area contributed by atoms with Gasteiger partial charge in [-0.2, -0.15) is 0 Å². The summed E-state index contributed by atoms with van der Waals surface area (Å²) in [6.45, 7) is 6.13. The van der Waals surface area contributed by atoms with Crippen LogP contribution in [-0.4, -0.2) is 48.9 Å². The Morgan fingerprint density at radius 3 is 2.52 bits per heavy atom. The van der Waals surface area contributed by atoms with Crippen molar-refractivity contribution in [3.63, 3.8) is 0 Å². The van der Waals surface area contributed by atoms with Crippen molar-refractivity contribution >= 4 is 5.91 Å². The minimum Gasteiger partial charge on any atom is -0.340 e. The van der Waals surface area contributed by atoms with E-state index < -0.39 is 0 Å². The SMILES string of the molecule is Cc1cccc(C2(C(=O)N3CC(C)C(N(C)C)C3)CC2)c1. The van der Waals surface area contributed by atoms with Gasteiger partial charge in [-0.1, -0.05) is 36.8 Å². The van der Waals surface area contributed by atoms with Gasteiger partial charge in [-0.05, 0) is 45.3 Å². The fourth-order valence-corrected chi connectivity index (χ4v) is 3.78. The number of carbonyl (C=O) groups excluding carboxylic acids is 1. The second-order valence-electron chi connectivity index (χ2n) is 7.17. The minimum atomic E-state index is -0.215. The van der Waals surface area contributed by atoms with Crippen LogP contribution in [0.4, 0.5) is 0 Å². The lowest BCUT2D eigenvalue weighted by Crippen LogP contribution is -2.40. The van der Waals surface area contributed by atoms with Crippen molar-refractivity contribution < 1.29 is 4.79 Å². The van der Waals surface area contributed by atoms with E-state index in [9.17, 15) is 4.79 Å². The predicted octanol–water partition coefficient (Wildman–Crippen LogP) is 2.44. The van der Waals surface area contributed by atoms with Gasteiger partial charge < -0.3 is 9.80 Å². The van der Waals surface area contributed by atoms with Crippen molar-refractivity contribution in [2.24, 2.45) is 5.92 Å². The third kappa shape index (κ3) is 2.48. The van der Waals surface area contributed by atoms with Crippen LogP contribution in [0.25, 0.3) is 0 Å². The molecule has 1 aliphatic heterocycles. The molecule has 0 bridgehead atoms. The van der Waals surface area contributed by atoms with Gasteiger partial charge in [0, 0.05) is 19.1 Å². The van der Waals surface area contributed by atoms with E-state index in [1.165, 1.54) is 11.1 Å². The monoisotopic (exact) mass is 286 g/mol. The highest BCUT2D eigenvalue weighted by Crippen LogP contribution is 2.50. The van der Waals surface area contributed by atoms with Crippen molar-refractivity contribution in [3.05, 3.63) is 35.4 Å². The van der Waals surface area contributed by atoms with E-state index in [1.54, 1.807) is 0 Å². The van der Waals surface area contributed by atoms with Crippen LogP contribution in [0, 0.1) is 12.8 Å². The minimum absolute atomic E-state index is 0.215. The zero-order valence-electron chi connectivity index (χ0n) is 13.6. The van der Waals surface area contributed by atoms with Gasteiger partial charge in [-0.25, -0.2) is 0 Å². The standard InChI is InChI=1S/C18H26N2O/c1-13-6-5-7-15(10-13)18(8-9-18)17(21)20-11-14(2)16(12-20)19(3)4/h5-7,10,14,16H,8-9,11-12H2,1-4H3. The average Bonchev–Trinajstić information content (AvgIpc) is 3.15. The number of hydrogen-bond donors (Lipinski definition) is 0. The zero-order valence-corrected chi connectivity index (χ0v) is 13.6. The lowest BCUT2D eigenvalue weighted by atomic mass is 9.93. The Morgan fingerprint density at radius 1 is 1.29 bits per heavy atom. The molecule has 0 spiro atoms. The van der Waals surface area contributed by atoms with E-state index in [0.717, 1.165) is 25.9 Å². The Balaban J connectivity index is 1.80. The highest BCUT2D eigenvalue weighted by Gasteiger charge is 2.54. The van der Waals surface area contributed by atoms with Crippen LogP contribution in [0.1, 0.15) is 30.9 Å². The molecule has 0 radical (unpaired) electrons. The number of amides is 1. The van der Waals surface area contributed by atoms with Crippen LogP contribution in [-0.2, 0) is 10.2 Å². The van der Waals surface area contributed by atoms with Crippen LogP contribution >= 0.6 is 0 Å². The summed E-state index contributed by atoms with van der Waals surface area (Å²) in [5, 5.41) is 0. The molecule has 3 heteroatoms. The summed E-state index contributed by atoms with van der Waals surface area (Å²) in [6.07, 6.45) is 2.01. The normalized spacial score (nSPS) is 27.2. The molecule has 2 atom stereocenters. The van der Waals surface area contributed by atoms with Crippen LogP contribution in [0.2, 0.25) is 0 Å². The highest BCUT2D eigenvalue weighted by atomic mass is 16.2. The molecule has 3 rings (SSSR count). The van der Waals surface area contributed by atoms with Crippen LogP contribution < -0.4 is 0 Å². The number of likely N-dealkylation sites (tertiary alicyclic amines) is 1. The van der Waals surface area contributed by atoms with Crippen molar-refractivity contribution in [2.75, 3.05) is 27.2 Å². The maximum absolute atomic E-state index is 13.1. The van der Waals surface area contributed by atoms with Gasteiger partial charge in [0.2, 0.25) is 5.91 Å². The van der Waals surface area contributed by atoms with Gasteiger partial charge in [0.1, 0.15) is 0 Å². The molecule has 0 N–H and O–H groups in total. The van der Waals surface area contributed by atoms with E-state index in [0.29, 0.717) is 17.9 Å². The average molecular weight is 286 g/mol. The summed E-state index contributed by atoms with van der Waals surface area (Å²) < 4.78 is 0. The summed E-state index contributed by atoms with van der Waals surface area (Å²) in [5.74, 6) is 0.904. The summed E-state index contributed by atoms with van der Waals surface area (Å²) in [5.41, 5.74) is 2.24. The maximum atomic E-state index is 13.1. The molecule has 21 heavy (non-hydrogen) atoms. The molecule has 1 aromatic rings. The van der Waals surface area contributed by atoms with E-state index in [2.05, 4.69) is 62.0 Å². The first-order chi connectivity index (χ1) is 9.94. The van der Waals surface area contributed by atoms with Gasteiger partial charge >= 0.3 is 0 Å². The molecule has 3 nitrogen and oxygen atoms in total. The molecule has 2 fully saturated rings. The maximum Gasteiger partial charge on any atom is 0.233 e. The molecule has 1 aromatic carbocycles. The van der Waals surface area contributed by atoms with E-state index >= 15 is 0 Å². The smallest absolute Gasteiger partial charge is 0.233 e. The molecular weight excluding hydrogens is 260 g/mol. The molecular formula is C18H26N2O. The second-order valence-corrected chi connectivity index (χ2v) is 7.17. The number of aryl methyl sites for hydroxylation is 1. The van der Waals surface area contributed by atoms with Crippen molar-refractivity contribution in [1.82, 2.24) is 9.80 Å². The van der Waals surface area contributed by atoms with E-state index in [1.807, 2.05) is 0 Å². The Hall–Kier alpha value is -1.35. The number of carbonyl (C=O) groups is 1. The summed E-state index contributed by atoms with van der Waals surface area (Å²) in [6, 6.07) is 8.98. The molecule has 1 saturated heterocycles. The fourth-order valence-electron chi connectivity index (χ4n) is 3.78. The van der Waals surface area contributed by atoms with Gasteiger partial charge in [0.25, 0.3) is 0 Å². The first-order valence-corrected chi connectivity index (χ1v) is 7.97. The lowest BCUT2D eigenvalue weighted by molar-refractivity contribution is -0.133. The van der Waals surface area contributed by atoms with Crippen LogP contribution in [0.3, 0.4) is 0 Å². The van der Waals surface area contributed by atoms with Crippen LogP contribution in [0.5, 0.6) is 0 Å². The van der Waals surface area contributed by atoms with Crippen LogP contribution in [0.15, 0.2) is 24.3 Å². The molecule has 114 valence electrons. The first-order valence-electron chi connectivity index (χ1n) is 7.97. The number of benzene rings is 1. The van der Waals surface area contributed by atoms with Gasteiger partial charge in [0.05, 0.1) is 5.41 Å². The molecule has 1 aliphatic carbocycles. The van der Waals surface area contributed by atoms with E-state index in [4.69, 9.17) is 0 Å². The molecule has 0 aromatic heterocycles. The third-order valence-corrected chi connectivity index (χ3v) is 5.25. The Morgan fingerprint density at radius 2 is 2.00 bits per heavy atom.